The summed E-state index contributed by atoms with van der Waals surface area (Å²) >= 11 is 6.79. The van der Waals surface area contributed by atoms with Crippen LogP contribution < -0.4 is 0 Å². The zero-order chi connectivity index (χ0) is 22.3. The molecule has 164 valence electrons. The van der Waals surface area contributed by atoms with E-state index in [2.05, 4.69) is 6.58 Å². The molecule has 0 unspecified atom stereocenters. The van der Waals surface area contributed by atoms with Crippen LogP contribution in [0.3, 0.4) is 0 Å². The van der Waals surface area contributed by atoms with Crippen molar-refractivity contribution < 1.29 is 14.7 Å². The molecule has 0 spiro atoms. The Labute approximate surface area is 189 Å². The molecule has 0 bridgehead atoms. The van der Waals surface area contributed by atoms with Crippen molar-refractivity contribution in [2.45, 2.75) is 61.9 Å². The molecular formula is C26H30ClNO3. The second-order valence-electron chi connectivity index (χ2n) is 8.46. The average molecular weight is 440 g/mol. The highest BCUT2D eigenvalue weighted by molar-refractivity contribution is 6.35. The van der Waals surface area contributed by atoms with E-state index >= 15 is 0 Å². The van der Waals surface area contributed by atoms with Crippen LogP contribution in [0.1, 0.15) is 49.7 Å². The lowest BCUT2D eigenvalue weighted by Gasteiger charge is -2.49. The first kappa shape index (κ1) is 23.1. The molecule has 3 rings (SSSR count). The first-order valence-electron chi connectivity index (χ1n) is 10.8. The van der Waals surface area contributed by atoms with Gasteiger partial charge in [0.15, 0.2) is 5.78 Å². The Balaban J connectivity index is 1.89. The number of nitrogens with zero attached hydrogens (tertiary/aromatic N) is 1. The molecule has 31 heavy (non-hydrogen) atoms. The number of allylic oxidation sites excluding steroid dienone is 1. The van der Waals surface area contributed by atoms with Gasteiger partial charge in [-0.3, -0.25) is 9.69 Å². The average Bonchev–Trinajstić information content (AvgIpc) is 2.79. The van der Waals surface area contributed by atoms with Crippen molar-refractivity contribution in [1.29, 1.82) is 0 Å². The van der Waals surface area contributed by atoms with Crippen molar-refractivity contribution in [2.75, 3.05) is 0 Å². The van der Waals surface area contributed by atoms with Crippen molar-refractivity contribution >= 4 is 23.5 Å². The molecule has 1 amide bonds. The van der Waals surface area contributed by atoms with E-state index in [9.17, 15) is 14.7 Å². The summed E-state index contributed by atoms with van der Waals surface area (Å²) in [4.78, 5) is 25.8. The fourth-order valence-electron chi connectivity index (χ4n) is 4.57. The molecule has 2 aromatic rings. The number of halogens is 1. The number of hydrogen-bond donors (Lipinski definition) is 1. The highest BCUT2D eigenvalue weighted by atomic mass is 35.5. The molecule has 2 aromatic carbocycles. The van der Waals surface area contributed by atoms with Gasteiger partial charge in [-0.25, -0.2) is 4.79 Å². The van der Waals surface area contributed by atoms with Gasteiger partial charge < -0.3 is 5.11 Å². The summed E-state index contributed by atoms with van der Waals surface area (Å²) in [6, 6.07) is 19.6. The molecule has 0 heterocycles. The second-order valence-corrected chi connectivity index (χ2v) is 9.18. The predicted octanol–water partition coefficient (Wildman–Crippen LogP) is 6.24. The molecule has 1 N–H and O–H groups in total. The fourth-order valence-corrected chi connectivity index (χ4v) is 4.85. The van der Waals surface area contributed by atoms with Crippen LogP contribution in [0, 0.1) is 0 Å². The Morgan fingerprint density at radius 3 is 2.03 bits per heavy atom. The van der Waals surface area contributed by atoms with Gasteiger partial charge in [0.25, 0.3) is 0 Å². The molecule has 1 saturated carbocycles. The van der Waals surface area contributed by atoms with Gasteiger partial charge in [0.1, 0.15) is 4.87 Å². The second kappa shape index (κ2) is 10.1. The number of rotatable bonds is 9. The topological polar surface area (TPSA) is 57.6 Å². The molecule has 1 aliphatic rings. The minimum absolute atomic E-state index is 0.0345. The summed E-state index contributed by atoms with van der Waals surface area (Å²) in [5.74, 6) is 0.0345. The maximum Gasteiger partial charge on any atom is 0.408 e. The highest BCUT2D eigenvalue weighted by Gasteiger charge is 2.49. The zero-order valence-corrected chi connectivity index (χ0v) is 18.6. The Morgan fingerprint density at radius 2 is 1.52 bits per heavy atom. The first-order chi connectivity index (χ1) is 14.9. The molecule has 0 atom stereocenters. The summed E-state index contributed by atoms with van der Waals surface area (Å²) in [6.07, 6.45) is 4.40. The van der Waals surface area contributed by atoms with Crippen molar-refractivity contribution in [3.63, 3.8) is 0 Å². The minimum atomic E-state index is -0.945. The summed E-state index contributed by atoms with van der Waals surface area (Å²) in [6.45, 7) is 3.99. The lowest BCUT2D eigenvalue weighted by atomic mass is 9.70. The monoisotopic (exact) mass is 439 g/mol. The van der Waals surface area contributed by atoms with E-state index in [1.165, 1.54) is 0 Å². The number of Topliss-reactive ketones (excluding diaryl/α,β-unsaturated/α-hetero) is 1. The maximum atomic E-state index is 12.7. The molecule has 1 fully saturated rings. The highest BCUT2D eigenvalue weighted by Crippen LogP contribution is 2.45. The van der Waals surface area contributed by atoms with Crippen LogP contribution in [0.15, 0.2) is 73.3 Å². The van der Waals surface area contributed by atoms with Crippen LogP contribution in [0.25, 0.3) is 0 Å². The molecule has 0 saturated heterocycles. The fraction of sp³-hybridized carbons (Fsp3) is 0.385. The van der Waals surface area contributed by atoms with Crippen LogP contribution in [-0.4, -0.2) is 32.3 Å². The van der Waals surface area contributed by atoms with E-state index in [0.29, 0.717) is 51.5 Å². The number of carboxylic acid groups (broad SMARTS) is 1. The number of alkyl halides is 1. The molecule has 0 aliphatic heterocycles. The Morgan fingerprint density at radius 1 is 0.968 bits per heavy atom. The van der Waals surface area contributed by atoms with Gasteiger partial charge in [0.2, 0.25) is 0 Å². The summed E-state index contributed by atoms with van der Waals surface area (Å²) in [5, 5.41) is 10.2. The minimum Gasteiger partial charge on any atom is -0.465 e. The van der Waals surface area contributed by atoms with Gasteiger partial charge in [-0.2, -0.15) is 0 Å². The maximum absolute atomic E-state index is 12.7. The predicted molar refractivity (Wildman–Crippen MR) is 124 cm³/mol. The van der Waals surface area contributed by atoms with Gasteiger partial charge in [-0.1, -0.05) is 66.7 Å². The van der Waals surface area contributed by atoms with E-state index in [-0.39, 0.29) is 5.78 Å². The van der Waals surface area contributed by atoms with Gasteiger partial charge >= 0.3 is 6.09 Å². The Kier molecular flexibility index (Phi) is 7.55. The first-order valence-corrected chi connectivity index (χ1v) is 11.2. The number of amides is 1. The van der Waals surface area contributed by atoms with Gasteiger partial charge in [-0.15, -0.1) is 18.2 Å². The third kappa shape index (κ3) is 5.56. The van der Waals surface area contributed by atoms with Crippen LogP contribution in [-0.2, 0) is 17.8 Å². The smallest absolute Gasteiger partial charge is 0.408 e. The lowest BCUT2D eigenvalue weighted by molar-refractivity contribution is -0.123. The number of carbonyl (C=O) groups excluding carboxylic acids is 1. The standard InChI is InChI=1S/C26H30ClNO3/c1-2-3-14-23(29)26(27)17-15-25(16-18-26,19-21-10-6-4-7-11-21)28(24(30)31)20-22-12-8-5-9-13-22/h2,4-13H,1,3,14-20H2,(H,30,31). The SMILES string of the molecule is C=CCCC(=O)C1(Cl)CCC(Cc2ccccc2)(N(Cc2ccccc2)C(=O)O)CC1. The lowest BCUT2D eigenvalue weighted by Crippen LogP contribution is -2.57. The Bertz CT molecular complexity index is 889. The van der Waals surface area contributed by atoms with E-state index in [0.717, 1.165) is 11.1 Å². The normalized spacial score (nSPS) is 23.1. The third-order valence-corrected chi connectivity index (χ3v) is 7.00. The van der Waals surface area contributed by atoms with E-state index in [4.69, 9.17) is 11.6 Å². The van der Waals surface area contributed by atoms with Crippen molar-refractivity contribution in [3.8, 4) is 0 Å². The van der Waals surface area contributed by atoms with E-state index in [1.54, 1.807) is 11.0 Å². The van der Waals surface area contributed by atoms with Gasteiger partial charge in [0, 0.05) is 13.0 Å². The summed E-state index contributed by atoms with van der Waals surface area (Å²) in [5.41, 5.74) is 1.42. The van der Waals surface area contributed by atoms with E-state index in [1.807, 2.05) is 60.7 Å². The van der Waals surface area contributed by atoms with Gasteiger partial charge in [-0.05, 0) is 49.7 Å². The molecule has 0 radical (unpaired) electrons. The third-order valence-electron chi connectivity index (χ3n) is 6.41. The molecule has 5 heteroatoms. The molecular weight excluding hydrogens is 410 g/mol. The van der Waals surface area contributed by atoms with Crippen LogP contribution in [0.4, 0.5) is 4.79 Å². The quantitative estimate of drug-likeness (QED) is 0.372. The number of benzene rings is 2. The van der Waals surface area contributed by atoms with E-state index < -0.39 is 16.5 Å². The molecule has 1 aliphatic carbocycles. The summed E-state index contributed by atoms with van der Waals surface area (Å²) in [7, 11) is 0. The number of ketones is 1. The molecule has 0 aromatic heterocycles. The van der Waals surface area contributed by atoms with Crippen molar-refractivity contribution in [2.24, 2.45) is 0 Å². The van der Waals surface area contributed by atoms with Crippen molar-refractivity contribution in [3.05, 3.63) is 84.4 Å². The number of carbonyl (C=O) groups is 2. The van der Waals surface area contributed by atoms with Gasteiger partial charge in [0.05, 0.1) is 5.54 Å². The van der Waals surface area contributed by atoms with Crippen LogP contribution in [0.5, 0.6) is 0 Å². The summed E-state index contributed by atoms with van der Waals surface area (Å²) < 4.78 is 0. The van der Waals surface area contributed by atoms with Crippen LogP contribution in [0.2, 0.25) is 0 Å². The largest absolute Gasteiger partial charge is 0.465 e. The Hall–Kier alpha value is -2.59. The number of hydrogen-bond acceptors (Lipinski definition) is 2. The van der Waals surface area contributed by atoms with Crippen LogP contribution >= 0.6 is 11.6 Å². The molecule has 4 nitrogen and oxygen atoms in total. The zero-order valence-electron chi connectivity index (χ0n) is 17.8. The van der Waals surface area contributed by atoms with Crippen molar-refractivity contribution in [1.82, 2.24) is 4.90 Å².